The zero-order valence-electron chi connectivity index (χ0n) is 15.6. The number of fused-ring (bicyclic) bond motifs is 5. The smallest absolute Gasteiger partial charge is 0.255 e. The molecule has 8 heteroatoms. The zero-order valence-corrected chi connectivity index (χ0v) is 19.5. The molecule has 154 valence electrons. The van der Waals surface area contributed by atoms with Gasteiger partial charge in [0.25, 0.3) is 5.91 Å². The van der Waals surface area contributed by atoms with Gasteiger partial charge in [-0.15, -0.1) is 0 Å². The topological polar surface area (TPSA) is 66.5 Å². The summed E-state index contributed by atoms with van der Waals surface area (Å²) in [6, 6.07) is 13.7. The van der Waals surface area contributed by atoms with Gasteiger partial charge in [0.2, 0.25) is 11.8 Å². The van der Waals surface area contributed by atoms with Crippen molar-refractivity contribution in [3.63, 3.8) is 0 Å². The summed E-state index contributed by atoms with van der Waals surface area (Å²) >= 11 is 13.8. The monoisotopic (exact) mass is 550 g/mol. The Hall–Kier alpha value is -1.70. The molecule has 2 aliphatic carbocycles. The molecule has 1 saturated heterocycles. The lowest BCUT2D eigenvalue weighted by Crippen LogP contribution is -2.37. The van der Waals surface area contributed by atoms with Gasteiger partial charge in [-0.05, 0) is 48.6 Å². The molecule has 3 amide bonds. The molecule has 2 saturated carbocycles. The lowest BCUT2D eigenvalue weighted by Gasteiger charge is -2.28. The van der Waals surface area contributed by atoms with E-state index < -0.39 is 0 Å². The van der Waals surface area contributed by atoms with Gasteiger partial charge in [0, 0.05) is 15.2 Å². The van der Waals surface area contributed by atoms with Gasteiger partial charge in [-0.1, -0.05) is 61.7 Å². The SMILES string of the molecule is O=C(Nc1ccc(N2C(=O)[C@H]3[C@@H]4C[C@H]([C@@H](Br)[C@H]4Br)[C@@H]3C2=O)cc1Cl)c1ccccc1. The average molecular weight is 553 g/mol. The van der Waals surface area contributed by atoms with Crippen molar-refractivity contribution in [3.8, 4) is 0 Å². The number of amides is 3. The summed E-state index contributed by atoms with van der Waals surface area (Å²) < 4.78 is 0. The van der Waals surface area contributed by atoms with Gasteiger partial charge in [-0.2, -0.15) is 0 Å². The Morgan fingerprint density at radius 1 is 0.967 bits per heavy atom. The van der Waals surface area contributed by atoms with Crippen molar-refractivity contribution < 1.29 is 14.4 Å². The molecule has 1 heterocycles. The maximum atomic E-state index is 13.2. The Balaban J connectivity index is 1.39. The lowest BCUT2D eigenvalue weighted by atomic mass is 9.81. The van der Waals surface area contributed by atoms with E-state index in [-0.39, 0.29) is 56.1 Å². The van der Waals surface area contributed by atoms with Crippen LogP contribution >= 0.6 is 43.5 Å². The van der Waals surface area contributed by atoms with Crippen LogP contribution in [-0.2, 0) is 9.59 Å². The number of carbonyl (C=O) groups is 3. The number of halogens is 3. The van der Waals surface area contributed by atoms with E-state index in [1.54, 1.807) is 42.5 Å². The third-order valence-corrected chi connectivity index (χ3v) is 10.0. The molecule has 30 heavy (non-hydrogen) atoms. The number of nitrogens with zero attached hydrogens (tertiary/aromatic N) is 1. The Kier molecular flexibility index (Phi) is 5.03. The molecule has 6 atom stereocenters. The van der Waals surface area contributed by atoms with Gasteiger partial charge in [-0.25, -0.2) is 4.90 Å². The van der Waals surface area contributed by atoms with Crippen molar-refractivity contribution in [1.29, 1.82) is 0 Å². The molecule has 5 rings (SSSR count). The van der Waals surface area contributed by atoms with Gasteiger partial charge in [-0.3, -0.25) is 14.4 Å². The first kappa shape index (κ1) is 20.2. The highest BCUT2D eigenvalue weighted by molar-refractivity contribution is 9.12. The predicted octanol–water partition coefficient (Wildman–Crippen LogP) is 4.87. The second-order valence-electron chi connectivity index (χ2n) is 8.00. The molecule has 2 bridgehead atoms. The van der Waals surface area contributed by atoms with Crippen LogP contribution in [0.1, 0.15) is 16.8 Å². The fraction of sp³-hybridized carbons (Fsp3) is 0.318. The first-order valence-electron chi connectivity index (χ1n) is 9.70. The molecule has 3 fully saturated rings. The highest BCUT2D eigenvalue weighted by Gasteiger charge is 2.66. The van der Waals surface area contributed by atoms with E-state index >= 15 is 0 Å². The van der Waals surface area contributed by atoms with Gasteiger partial charge in [0.15, 0.2) is 0 Å². The van der Waals surface area contributed by atoms with Crippen molar-refractivity contribution in [1.82, 2.24) is 0 Å². The standard InChI is InChI=1S/C22H17Br2ClN2O3/c23-18-12-9-13(19(18)24)17-16(12)21(29)27(22(17)30)11-6-7-15(14(25)8-11)26-20(28)10-4-2-1-3-5-10/h1-8,12-13,16-19H,9H2,(H,26,28)/t12-,13-,16-,17-,18-,19+/m0/s1. The first-order valence-corrected chi connectivity index (χ1v) is 11.9. The predicted molar refractivity (Wildman–Crippen MR) is 122 cm³/mol. The molecule has 1 aliphatic heterocycles. The molecule has 2 aromatic rings. The largest absolute Gasteiger partial charge is 0.321 e. The van der Waals surface area contributed by atoms with E-state index in [2.05, 4.69) is 37.2 Å². The van der Waals surface area contributed by atoms with Crippen LogP contribution in [0.2, 0.25) is 5.02 Å². The maximum Gasteiger partial charge on any atom is 0.255 e. The van der Waals surface area contributed by atoms with Crippen molar-refractivity contribution in [2.45, 2.75) is 16.1 Å². The minimum absolute atomic E-state index is 0.154. The maximum absolute atomic E-state index is 13.2. The van der Waals surface area contributed by atoms with Crippen LogP contribution in [0.15, 0.2) is 48.5 Å². The van der Waals surface area contributed by atoms with Crippen LogP contribution in [-0.4, -0.2) is 27.4 Å². The molecule has 5 nitrogen and oxygen atoms in total. The fourth-order valence-electron chi connectivity index (χ4n) is 5.13. The number of carbonyl (C=O) groups excluding carboxylic acids is 3. The number of imide groups is 1. The van der Waals surface area contributed by atoms with E-state index in [9.17, 15) is 14.4 Å². The minimum atomic E-state index is -0.281. The van der Waals surface area contributed by atoms with Crippen molar-refractivity contribution >= 4 is 72.6 Å². The Bertz CT molecular complexity index is 1030. The van der Waals surface area contributed by atoms with E-state index in [1.807, 2.05) is 6.07 Å². The van der Waals surface area contributed by atoms with Gasteiger partial charge >= 0.3 is 0 Å². The summed E-state index contributed by atoms with van der Waals surface area (Å²) in [6.07, 6.45) is 0.887. The lowest BCUT2D eigenvalue weighted by molar-refractivity contribution is -0.123. The van der Waals surface area contributed by atoms with Crippen molar-refractivity contribution in [2.75, 3.05) is 10.2 Å². The van der Waals surface area contributed by atoms with Crippen LogP contribution in [0, 0.1) is 23.7 Å². The number of hydrogen-bond acceptors (Lipinski definition) is 3. The third kappa shape index (κ3) is 2.97. The molecule has 2 aromatic carbocycles. The number of rotatable bonds is 3. The highest BCUT2D eigenvalue weighted by atomic mass is 79.9. The molecule has 3 aliphatic rings. The van der Waals surface area contributed by atoms with E-state index in [1.165, 1.54) is 4.90 Å². The number of anilines is 2. The quantitative estimate of drug-likeness (QED) is 0.436. The van der Waals surface area contributed by atoms with Crippen molar-refractivity contribution in [2.24, 2.45) is 23.7 Å². The summed E-state index contributed by atoms with van der Waals surface area (Å²) in [5.74, 6) is -0.835. The highest BCUT2D eigenvalue weighted by Crippen LogP contribution is 2.60. The molecule has 0 spiro atoms. The zero-order chi connectivity index (χ0) is 21.2. The molecule has 1 N–H and O–H groups in total. The van der Waals surface area contributed by atoms with E-state index in [4.69, 9.17) is 11.6 Å². The normalized spacial score (nSPS) is 31.9. The summed E-state index contributed by atoms with van der Waals surface area (Å²) in [7, 11) is 0. The van der Waals surface area contributed by atoms with Crippen LogP contribution in [0.3, 0.4) is 0 Å². The molecular weight excluding hydrogens is 536 g/mol. The Labute approximate surface area is 195 Å². The molecule has 0 radical (unpaired) electrons. The molecular formula is C22H17Br2ClN2O3. The van der Waals surface area contributed by atoms with Crippen LogP contribution in [0.25, 0.3) is 0 Å². The van der Waals surface area contributed by atoms with E-state index in [0.717, 1.165) is 6.42 Å². The van der Waals surface area contributed by atoms with Crippen LogP contribution in [0.4, 0.5) is 11.4 Å². The number of alkyl halides is 2. The summed E-state index contributed by atoms with van der Waals surface area (Å²) in [4.78, 5) is 40.4. The van der Waals surface area contributed by atoms with Gasteiger partial charge < -0.3 is 5.32 Å². The fourth-order valence-corrected chi connectivity index (χ4v) is 7.23. The first-order chi connectivity index (χ1) is 14.4. The van der Waals surface area contributed by atoms with Crippen LogP contribution in [0.5, 0.6) is 0 Å². The number of hydrogen-bond donors (Lipinski definition) is 1. The van der Waals surface area contributed by atoms with Crippen LogP contribution < -0.4 is 10.2 Å². The Morgan fingerprint density at radius 3 is 2.13 bits per heavy atom. The Morgan fingerprint density at radius 2 is 1.57 bits per heavy atom. The molecule has 0 unspecified atom stereocenters. The van der Waals surface area contributed by atoms with Crippen molar-refractivity contribution in [3.05, 3.63) is 59.1 Å². The summed E-state index contributed by atoms with van der Waals surface area (Å²) in [5.41, 5.74) is 1.38. The molecule has 0 aromatic heterocycles. The second kappa shape index (κ2) is 7.46. The summed E-state index contributed by atoms with van der Waals surface area (Å²) in [5, 5.41) is 3.04. The second-order valence-corrected chi connectivity index (χ2v) is 10.5. The minimum Gasteiger partial charge on any atom is -0.321 e. The van der Waals surface area contributed by atoms with Gasteiger partial charge in [0.1, 0.15) is 0 Å². The van der Waals surface area contributed by atoms with E-state index in [0.29, 0.717) is 16.9 Å². The van der Waals surface area contributed by atoms with Gasteiger partial charge in [0.05, 0.1) is 28.2 Å². The summed E-state index contributed by atoms with van der Waals surface area (Å²) in [6.45, 7) is 0. The number of benzene rings is 2. The average Bonchev–Trinajstić information content (AvgIpc) is 3.35. The third-order valence-electron chi connectivity index (χ3n) is 6.48. The number of nitrogens with one attached hydrogen (secondary N) is 1.